The Hall–Kier alpha value is -1.30. The lowest BCUT2D eigenvalue weighted by atomic mass is 10.2. The van der Waals surface area contributed by atoms with Crippen molar-refractivity contribution in [3.8, 4) is 11.5 Å². The lowest BCUT2D eigenvalue weighted by Crippen LogP contribution is -2.28. The normalized spacial score (nSPS) is 10.5. The van der Waals surface area contributed by atoms with E-state index in [4.69, 9.17) is 14.6 Å². The molecule has 3 N–H and O–H groups in total. The first-order valence-corrected chi connectivity index (χ1v) is 6.64. The Kier molecular flexibility index (Phi) is 7.97. The molecule has 1 rings (SSSR count). The van der Waals surface area contributed by atoms with E-state index >= 15 is 0 Å². The van der Waals surface area contributed by atoms with Crippen LogP contribution in [0.4, 0.5) is 0 Å². The van der Waals surface area contributed by atoms with E-state index in [1.54, 1.807) is 7.11 Å². The molecule has 0 radical (unpaired) electrons. The Morgan fingerprint density at radius 2 is 1.95 bits per heavy atom. The lowest BCUT2D eigenvalue weighted by Gasteiger charge is -2.14. The predicted octanol–water partition coefficient (Wildman–Crippen LogP) is 0.765. The zero-order valence-corrected chi connectivity index (χ0v) is 11.7. The largest absolute Gasteiger partial charge is 0.493 e. The van der Waals surface area contributed by atoms with Crippen molar-refractivity contribution in [3.05, 3.63) is 23.8 Å². The van der Waals surface area contributed by atoms with Gasteiger partial charge in [0, 0.05) is 31.7 Å². The third kappa shape index (κ3) is 5.46. The minimum absolute atomic E-state index is 0.171. The molecule has 19 heavy (non-hydrogen) atoms. The highest BCUT2D eigenvalue weighted by molar-refractivity contribution is 5.46. The van der Waals surface area contributed by atoms with Crippen LogP contribution in [0.1, 0.15) is 12.5 Å². The van der Waals surface area contributed by atoms with Crippen LogP contribution in [0.3, 0.4) is 0 Å². The summed E-state index contributed by atoms with van der Waals surface area (Å²) in [6, 6.07) is 5.89. The minimum atomic E-state index is 0.171. The molecule has 0 saturated carbocycles. The molecule has 0 aliphatic rings. The fourth-order valence-corrected chi connectivity index (χ4v) is 1.77. The summed E-state index contributed by atoms with van der Waals surface area (Å²) in [7, 11) is 1.65. The van der Waals surface area contributed by atoms with Crippen LogP contribution in [0.25, 0.3) is 0 Å². The van der Waals surface area contributed by atoms with Crippen LogP contribution in [0.15, 0.2) is 18.2 Å². The van der Waals surface area contributed by atoms with Crippen LogP contribution in [-0.2, 0) is 6.54 Å². The van der Waals surface area contributed by atoms with Gasteiger partial charge in [0.2, 0.25) is 0 Å². The molecule has 0 fully saturated rings. The number of benzene rings is 1. The van der Waals surface area contributed by atoms with Crippen LogP contribution in [0, 0.1) is 0 Å². The number of rotatable bonds is 10. The van der Waals surface area contributed by atoms with Crippen LogP contribution in [-0.4, -0.2) is 45.1 Å². The van der Waals surface area contributed by atoms with Gasteiger partial charge in [0.05, 0.1) is 20.3 Å². The van der Waals surface area contributed by atoms with Crippen molar-refractivity contribution in [1.29, 1.82) is 0 Å². The second-order valence-corrected chi connectivity index (χ2v) is 4.03. The van der Waals surface area contributed by atoms with Gasteiger partial charge < -0.3 is 25.2 Å². The second kappa shape index (κ2) is 9.61. The van der Waals surface area contributed by atoms with Gasteiger partial charge in [-0.3, -0.25) is 0 Å². The van der Waals surface area contributed by atoms with E-state index < -0.39 is 0 Å². The topological polar surface area (TPSA) is 62.8 Å². The van der Waals surface area contributed by atoms with Gasteiger partial charge in [-0.1, -0.05) is 12.1 Å². The number of hydrogen-bond donors (Lipinski definition) is 3. The highest BCUT2D eigenvalue weighted by Crippen LogP contribution is 2.30. The molecular formula is C14H24N2O3. The summed E-state index contributed by atoms with van der Waals surface area (Å²) >= 11 is 0. The Bertz CT molecular complexity index is 359. The third-order valence-corrected chi connectivity index (χ3v) is 2.65. The molecule has 0 aliphatic carbocycles. The number of methoxy groups -OCH3 is 1. The maximum atomic E-state index is 8.64. The summed E-state index contributed by atoms with van der Waals surface area (Å²) in [4.78, 5) is 0. The molecule has 0 heterocycles. The summed E-state index contributed by atoms with van der Waals surface area (Å²) in [6.45, 7) is 5.77. The number of aliphatic hydroxyl groups is 1. The molecule has 0 saturated heterocycles. The highest BCUT2D eigenvalue weighted by Gasteiger charge is 2.09. The van der Waals surface area contributed by atoms with Crippen molar-refractivity contribution >= 4 is 0 Å². The zero-order chi connectivity index (χ0) is 13.9. The number of nitrogens with one attached hydrogen (secondary N) is 2. The van der Waals surface area contributed by atoms with E-state index in [0.717, 1.165) is 36.7 Å². The first-order chi connectivity index (χ1) is 9.33. The number of aliphatic hydroxyl groups excluding tert-OH is 1. The molecule has 1 aromatic rings. The van der Waals surface area contributed by atoms with Gasteiger partial charge in [-0.15, -0.1) is 0 Å². The number of ether oxygens (including phenoxy) is 2. The zero-order valence-electron chi connectivity index (χ0n) is 11.7. The summed E-state index contributed by atoms with van der Waals surface area (Å²) < 4.78 is 10.9. The Labute approximate surface area is 114 Å². The molecule has 0 spiro atoms. The van der Waals surface area contributed by atoms with Gasteiger partial charge in [-0.05, 0) is 13.0 Å². The van der Waals surface area contributed by atoms with Gasteiger partial charge in [-0.25, -0.2) is 0 Å². The average Bonchev–Trinajstić information content (AvgIpc) is 2.44. The van der Waals surface area contributed by atoms with E-state index in [0.29, 0.717) is 13.2 Å². The SMILES string of the molecule is CCOc1c(CNCCNCCO)cccc1OC. The average molecular weight is 268 g/mol. The molecule has 0 atom stereocenters. The first-order valence-electron chi connectivity index (χ1n) is 6.64. The molecule has 0 aromatic heterocycles. The van der Waals surface area contributed by atoms with Crippen LogP contribution in [0.2, 0.25) is 0 Å². The fourth-order valence-electron chi connectivity index (χ4n) is 1.77. The van der Waals surface area contributed by atoms with Crippen LogP contribution < -0.4 is 20.1 Å². The monoisotopic (exact) mass is 268 g/mol. The summed E-state index contributed by atoms with van der Waals surface area (Å²) in [5, 5.41) is 15.1. The van der Waals surface area contributed by atoms with Gasteiger partial charge in [0.15, 0.2) is 11.5 Å². The van der Waals surface area contributed by atoms with Gasteiger partial charge >= 0.3 is 0 Å². The Morgan fingerprint density at radius 3 is 2.63 bits per heavy atom. The molecule has 108 valence electrons. The Morgan fingerprint density at radius 1 is 1.16 bits per heavy atom. The van der Waals surface area contributed by atoms with Crippen molar-refractivity contribution in [2.24, 2.45) is 0 Å². The lowest BCUT2D eigenvalue weighted by molar-refractivity contribution is 0.292. The summed E-state index contributed by atoms with van der Waals surface area (Å²) in [6.07, 6.45) is 0. The van der Waals surface area contributed by atoms with Crippen LogP contribution >= 0.6 is 0 Å². The fraction of sp³-hybridized carbons (Fsp3) is 0.571. The highest BCUT2D eigenvalue weighted by atomic mass is 16.5. The van der Waals surface area contributed by atoms with Crippen LogP contribution in [0.5, 0.6) is 11.5 Å². The van der Waals surface area contributed by atoms with E-state index in [-0.39, 0.29) is 6.61 Å². The number of hydrogen-bond acceptors (Lipinski definition) is 5. The number of para-hydroxylation sites is 1. The van der Waals surface area contributed by atoms with Gasteiger partial charge in [-0.2, -0.15) is 0 Å². The molecule has 0 amide bonds. The van der Waals surface area contributed by atoms with E-state index in [1.807, 2.05) is 25.1 Å². The van der Waals surface area contributed by atoms with E-state index in [9.17, 15) is 0 Å². The van der Waals surface area contributed by atoms with E-state index in [2.05, 4.69) is 10.6 Å². The quantitative estimate of drug-likeness (QED) is 0.547. The minimum Gasteiger partial charge on any atom is -0.493 e. The maximum absolute atomic E-state index is 8.64. The summed E-state index contributed by atoms with van der Waals surface area (Å²) in [5.41, 5.74) is 1.09. The smallest absolute Gasteiger partial charge is 0.165 e. The maximum Gasteiger partial charge on any atom is 0.165 e. The first kappa shape index (κ1) is 15.8. The van der Waals surface area contributed by atoms with E-state index in [1.165, 1.54) is 0 Å². The van der Waals surface area contributed by atoms with Crippen molar-refractivity contribution in [3.63, 3.8) is 0 Å². The standard InChI is InChI=1S/C14H24N2O3/c1-3-19-14-12(5-4-6-13(14)18-2)11-16-8-7-15-9-10-17/h4-6,15-17H,3,7-11H2,1-2H3. The summed E-state index contributed by atoms with van der Waals surface area (Å²) in [5.74, 6) is 1.57. The van der Waals surface area contributed by atoms with Gasteiger partial charge in [0.1, 0.15) is 0 Å². The van der Waals surface area contributed by atoms with Crippen molar-refractivity contribution < 1.29 is 14.6 Å². The molecule has 0 unspecified atom stereocenters. The molecular weight excluding hydrogens is 244 g/mol. The molecule has 0 aliphatic heterocycles. The Balaban J connectivity index is 2.47. The predicted molar refractivity (Wildman–Crippen MR) is 75.8 cm³/mol. The second-order valence-electron chi connectivity index (χ2n) is 4.03. The van der Waals surface area contributed by atoms with Crippen molar-refractivity contribution in [1.82, 2.24) is 10.6 Å². The van der Waals surface area contributed by atoms with Crippen molar-refractivity contribution in [2.45, 2.75) is 13.5 Å². The molecule has 0 bridgehead atoms. The van der Waals surface area contributed by atoms with Crippen molar-refractivity contribution in [2.75, 3.05) is 40.0 Å². The molecule has 1 aromatic carbocycles. The molecule has 5 nitrogen and oxygen atoms in total. The molecule has 5 heteroatoms. The van der Waals surface area contributed by atoms with Gasteiger partial charge in [0.25, 0.3) is 0 Å². The third-order valence-electron chi connectivity index (χ3n) is 2.65.